The first kappa shape index (κ1) is 36.2. The number of hydrogen-bond acceptors (Lipinski definition) is 7. The van der Waals surface area contributed by atoms with Crippen LogP contribution in [0.1, 0.15) is 5.56 Å². The van der Waals surface area contributed by atoms with E-state index in [4.69, 9.17) is 13.6 Å². The summed E-state index contributed by atoms with van der Waals surface area (Å²) in [6, 6.07) is 21.0. The summed E-state index contributed by atoms with van der Waals surface area (Å²) >= 11 is 0. The molecule has 0 fully saturated rings. The van der Waals surface area contributed by atoms with Crippen LogP contribution in [0.5, 0.6) is 5.75 Å². The normalized spacial score (nSPS) is 12.9. The Labute approximate surface area is 272 Å². The predicted octanol–water partition coefficient (Wildman–Crippen LogP) is 7.28. The maximum absolute atomic E-state index is 12.7. The molecule has 0 aliphatic carbocycles. The van der Waals surface area contributed by atoms with Crippen LogP contribution in [-0.4, -0.2) is 75.6 Å². The second-order valence-electron chi connectivity index (χ2n) is 12.8. The number of nitro benzene ring substituents is 1. The van der Waals surface area contributed by atoms with E-state index >= 15 is 0 Å². The van der Waals surface area contributed by atoms with Crippen molar-refractivity contribution in [3.63, 3.8) is 0 Å². The topological polar surface area (TPSA) is 152 Å². The van der Waals surface area contributed by atoms with Gasteiger partial charge in [-0.1, -0.05) is 30.3 Å². The van der Waals surface area contributed by atoms with E-state index in [2.05, 4.69) is 49.9 Å². The van der Waals surface area contributed by atoms with Gasteiger partial charge in [0.2, 0.25) is 0 Å². The number of carbonyl (C=O) groups is 2. The average molecular weight is 669 g/mol. The summed E-state index contributed by atoms with van der Waals surface area (Å²) in [5.74, 6) is 0.683. The molecule has 12 nitrogen and oxygen atoms in total. The summed E-state index contributed by atoms with van der Waals surface area (Å²) in [5, 5.41) is 26.6. The number of carbonyl (C=O) groups excluding carboxylic acids is 1. The zero-order valence-electron chi connectivity index (χ0n) is 27.2. The third-order valence-electron chi connectivity index (χ3n) is 6.51. The van der Waals surface area contributed by atoms with Crippen LogP contribution in [0.2, 0.25) is 39.3 Å². The number of benzene rings is 3. The molecule has 248 valence electrons. The van der Waals surface area contributed by atoms with Gasteiger partial charge in [0.05, 0.1) is 30.2 Å². The van der Waals surface area contributed by atoms with E-state index in [9.17, 15) is 24.8 Å². The van der Waals surface area contributed by atoms with Crippen LogP contribution >= 0.6 is 0 Å². The Bertz CT molecular complexity index is 1430. The Hall–Kier alpha value is -4.25. The quantitative estimate of drug-likeness (QED) is 0.0818. The molecule has 0 radical (unpaired) electrons. The molecule has 0 saturated carbocycles. The first-order chi connectivity index (χ1) is 21.6. The van der Waals surface area contributed by atoms with Gasteiger partial charge in [0.1, 0.15) is 12.4 Å². The minimum Gasteiger partial charge on any atom is -0.491 e. The molecule has 0 aromatic heterocycles. The number of carboxylic acid groups (broad SMARTS) is 1. The van der Waals surface area contributed by atoms with Crippen molar-refractivity contribution in [2.45, 2.75) is 57.8 Å². The number of nitrogens with zero attached hydrogens (tertiary/aromatic N) is 2. The lowest BCUT2D eigenvalue weighted by Crippen LogP contribution is -2.51. The second-order valence-corrected chi connectivity index (χ2v) is 21.7. The van der Waals surface area contributed by atoms with Gasteiger partial charge in [-0.3, -0.25) is 10.1 Å². The van der Waals surface area contributed by atoms with E-state index in [0.717, 1.165) is 5.56 Å². The average Bonchev–Trinajstić information content (AvgIpc) is 2.97. The number of anilines is 2. The van der Waals surface area contributed by atoms with Crippen LogP contribution in [0.15, 0.2) is 78.9 Å². The molecule has 3 amide bonds. The van der Waals surface area contributed by atoms with Gasteiger partial charge in [-0.15, -0.1) is 0 Å². The van der Waals surface area contributed by atoms with Crippen molar-refractivity contribution in [3.05, 3.63) is 94.5 Å². The van der Waals surface area contributed by atoms with Crippen LogP contribution in [-0.2, 0) is 15.3 Å². The first-order valence-electron chi connectivity index (χ1n) is 15.0. The molecule has 0 unspecified atom stereocenters. The lowest BCUT2D eigenvalue weighted by molar-refractivity contribution is -0.384. The van der Waals surface area contributed by atoms with Crippen LogP contribution in [0.25, 0.3) is 0 Å². The molecule has 0 aliphatic heterocycles. The lowest BCUT2D eigenvalue weighted by atomic mass is 10.0. The van der Waals surface area contributed by atoms with Crippen molar-refractivity contribution in [1.82, 2.24) is 4.90 Å². The summed E-state index contributed by atoms with van der Waals surface area (Å²) in [6.07, 6.45) is -1.18. The van der Waals surface area contributed by atoms with Gasteiger partial charge in [-0.05, 0) is 87.7 Å². The van der Waals surface area contributed by atoms with E-state index in [1.807, 2.05) is 42.5 Å². The number of amides is 3. The summed E-state index contributed by atoms with van der Waals surface area (Å²) in [4.78, 5) is 36.9. The molecule has 14 heteroatoms. The monoisotopic (exact) mass is 668 g/mol. The Morgan fingerprint density at radius 1 is 0.848 bits per heavy atom. The zero-order valence-corrected chi connectivity index (χ0v) is 29.2. The van der Waals surface area contributed by atoms with Crippen molar-refractivity contribution in [3.8, 4) is 5.75 Å². The smallest absolute Gasteiger partial charge is 0.407 e. The molecule has 0 bridgehead atoms. The summed E-state index contributed by atoms with van der Waals surface area (Å²) in [6.45, 7) is 12.9. The molecule has 3 aromatic carbocycles. The number of para-hydroxylation sites is 1. The Morgan fingerprint density at radius 3 is 1.91 bits per heavy atom. The van der Waals surface area contributed by atoms with Gasteiger partial charge in [-0.2, -0.15) is 0 Å². The number of hydrogen-bond donors (Lipinski definition) is 3. The number of nitro groups is 1. The number of rotatable bonds is 16. The largest absolute Gasteiger partial charge is 0.491 e. The highest BCUT2D eigenvalue weighted by Crippen LogP contribution is 2.20. The van der Waals surface area contributed by atoms with E-state index in [0.29, 0.717) is 23.5 Å². The highest BCUT2D eigenvalue weighted by atomic mass is 28.4. The third kappa shape index (κ3) is 13.0. The van der Waals surface area contributed by atoms with Crippen molar-refractivity contribution < 1.29 is 33.2 Å². The minimum atomic E-state index is -2.06. The SMILES string of the molecule is C[Si](C)(C)OC[C@H](Cc1ccc(NC(=O)Nc2ccc([N+](=O)[O-])cc2)cc1)N(C[C@@H](COc1ccccc1)O[Si](C)(C)C)C(=O)O. The Morgan fingerprint density at radius 2 is 1.41 bits per heavy atom. The van der Waals surface area contributed by atoms with Crippen LogP contribution in [0, 0.1) is 10.1 Å². The predicted molar refractivity (Wildman–Crippen MR) is 184 cm³/mol. The lowest BCUT2D eigenvalue weighted by Gasteiger charge is -2.36. The third-order valence-corrected chi connectivity index (χ3v) is 8.59. The molecule has 0 spiro atoms. The molecular formula is C32H44N4O8Si2. The summed E-state index contributed by atoms with van der Waals surface area (Å²) < 4.78 is 18.6. The Kier molecular flexibility index (Phi) is 12.9. The molecule has 3 N–H and O–H groups in total. The maximum Gasteiger partial charge on any atom is 0.407 e. The highest BCUT2D eigenvalue weighted by molar-refractivity contribution is 6.70. The number of non-ortho nitro benzene ring substituents is 1. The molecular weight excluding hydrogens is 625 g/mol. The van der Waals surface area contributed by atoms with Gasteiger partial charge in [0.25, 0.3) is 5.69 Å². The molecule has 0 aliphatic rings. The minimum absolute atomic E-state index is 0.0730. The molecule has 46 heavy (non-hydrogen) atoms. The fourth-order valence-electron chi connectivity index (χ4n) is 4.49. The van der Waals surface area contributed by atoms with E-state index < -0.39 is 45.8 Å². The molecule has 0 heterocycles. The van der Waals surface area contributed by atoms with Gasteiger partial charge in [0.15, 0.2) is 16.6 Å². The number of urea groups is 1. The van der Waals surface area contributed by atoms with Crippen molar-refractivity contribution >= 4 is 45.8 Å². The zero-order chi connectivity index (χ0) is 33.9. The first-order valence-corrected chi connectivity index (χ1v) is 21.8. The highest BCUT2D eigenvalue weighted by Gasteiger charge is 2.31. The van der Waals surface area contributed by atoms with Gasteiger partial charge < -0.3 is 34.2 Å². The molecule has 3 aromatic rings. The molecule has 2 atom stereocenters. The Balaban J connectivity index is 1.73. The van der Waals surface area contributed by atoms with Crippen molar-refractivity contribution in [2.24, 2.45) is 0 Å². The number of nitrogens with one attached hydrogen (secondary N) is 2. The summed E-state index contributed by atoms with van der Waals surface area (Å²) in [7, 11) is -4.04. The van der Waals surface area contributed by atoms with Crippen molar-refractivity contribution in [1.29, 1.82) is 0 Å². The molecule has 3 rings (SSSR count). The standard InChI is InChI=1S/C32H44N4O8Si2/c1-45(2,3)43-22-28(35(32(38)39)21-30(44-46(4,5)6)23-42-29-10-8-7-9-11-29)20-24-12-14-25(15-13-24)33-31(37)34-26-16-18-27(19-17-26)36(40)41/h7-19,28,30H,20-23H2,1-6H3,(H,38,39)(H2,33,34,37)/t28-,30-/m0/s1. The van der Waals surface area contributed by atoms with Gasteiger partial charge in [0, 0.05) is 23.5 Å². The fourth-order valence-corrected chi connectivity index (χ4v) is 6.33. The number of ether oxygens (including phenoxy) is 1. The van der Waals surface area contributed by atoms with E-state index in [-0.39, 0.29) is 25.4 Å². The fraction of sp³-hybridized carbons (Fsp3) is 0.375. The maximum atomic E-state index is 12.7. The van der Waals surface area contributed by atoms with Crippen LogP contribution in [0.3, 0.4) is 0 Å². The van der Waals surface area contributed by atoms with Crippen LogP contribution in [0.4, 0.5) is 26.7 Å². The summed E-state index contributed by atoms with van der Waals surface area (Å²) in [5.41, 5.74) is 1.72. The molecule has 0 saturated heterocycles. The van der Waals surface area contributed by atoms with Gasteiger partial charge >= 0.3 is 12.1 Å². The van der Waals surface area contributed by atoms with Crippen molar-refractivity contribution in [2.75, 3.05) is 30.4 Å². The van der Waals surface area contributed by atoms with Gasteiger partial charge in [-0.25, -0.2) is 9.59 Å². The van der Waals surface area contributed by atoms with E-state index in [1.165, 1.54) is 29.2 Å². The second kappa shape index (κ2) is 16.4. The van der Waals surface area contributed by atoms with E-state index in [1.54, 1.807) is 12.1 Å². The van der Waals surface area contributed by atoms with Crippen LogP contribution < -0.4 is 15.4 Å².